The second-order valence-corrected chi connectivity index (χ2v) is 4.52. The minimum absolute atomic E-state index is 0.0607. The van der Waals surface area contributed by atoms with Crippen LogP contribution in [-0.4, -0.2) is 6.54 Å². The van der Waals surface area contributed by atoms with Crippen LogP contribution in [0.3, 0.4) is 0 Å². The smallest absolute Gasteiger partial charge is 0.184 e. The highest BCUT2D eigenvalue weighted by atomic mass is 35.5. The molecular formula is C13H15ClFNO. The standard InChI is InChI=1S/C13H15ClFNO/c1-4-16-8(3)12-7(2)9-5-6-10(14)11(15)13(9)17-12/h5-6,8,16H,4H2,1-3H3. The van der Waals surface area contributed by atoms with E-state index in [1.165, 1.54) is 0 Å². The second-order valence-electron chi connectivity index (χ2n) is 4.11. The van der Waals surface area contributed by atoms with Crippen molar-refractivity contribution in [1.29, 1.82) is 0 Å². The molecule has 0 aliphatic heterocycles. The van der Waals surface area contributed by atoms with Crippen molar-refractivity contribution < 1.29 is 8.81 Å². The van der Waals surface area contributed by atoms with E-state index in [4.69, 9.17) is 16.0 Å². The lowest BCUT2D eigenvalue weighted by atomic mass is 10.1. The largest absolute Gasteiger partial charge is 0.456 e. The molecule has 2 rings (SSSR count). The minimum Gasteiger partial charge on any atom is -0.456 e. The Labute approximate surface area is 105 Å². The average molecular weight is 256 g/mol. The van der Waals surface area contributed by atoms with Gasteiger partial charge in [-0.2, -0.15) is 0 Å². The molecule has 1 aromatic carbocycles. The fourth-order valence-corrected chi connectivity index (χ4v) is 2.21. The van der Waals surface area contributed by atoms with Crippen molar-refractivity contribution in [1.82, 2.24) is 5.32 Å². The molecule has 92 valence electrons. The van der Waals surface area contributed by atoms with E-state index in [1.54, 1.807) is 12.1 Å². The molecule has 0 fully saturated rings. The first-order chi connectivity index (χ1) is 8.06. The number of aryl methyl sites for hydroxylation is 1. The van der Waals surface area contributed by atoms with Crippen molar-refractivity contribution in [2.45, 2.75) is 26.8 Å². The Bertz CT molecular complexity index is 550. The molecule has 1 aromatic heterocycles. The fraction of sp³-hybridized carbons (Fsp3) is 0.385. The van der Waals surface area contributed by atoms with Gasteiger partial charge in [-0.3, -0.25) is 0 Å². The zero-order valence-corrected chi connectivity index (χ0v) is 10.9. The second kappa shape index (κ2) is 4.67. The van der Waals surface area contributed by atoms with Gasteiger partial charge >= 0.3 is 0 Å². The van der Waals surface area contributed by atoms with Crippen LogP contribution in [0, 0.1) is 12.7 Å². The van der Waals surface area contributed by atoms with Gasteiger partial charge in [0.1, 0.15) is 5.76 Å². The highest BCUT2D eigenvalue weighted by molar-refractivity contribution is 6.31. The van der Waals surface area contributed by atoms with Gasteiger partial charge in [0.05, 0.1) is 11.1 Å². The van der Waals surface area contributed by atoms with Gasteiger partial charge in [0.2, 0.25) is 0 Å². The summed E-state index contributed by atoms with van der Waals surface area (Å²) in [6.45, 7) is 6.78. The number of benzene rings is 1. The average Bonchev–Trinajstić information content (AvgIpc) is 2.63. The third-order valence-corrected chi connectivity index (χ3v) is 3.23. The van der Waals surface area contributed by atoms with Gasteiger partial charge in [-0.25, -0.2) is 4.39 Å². The first-order valence-corrected chi connectivity index (χ1v) is 6.04. The van der Waals surface area contributed by atoms with E-state index < -0.39 is 5.82 Å². The van der Waals surface area contributed by atoms with Crippen molar-refractivity contribution in [3.05, 3.63) is 34.3 Å². The Morgan fingerprint density at radius 3 is 2.82 bits per heavy atom. The monoisotopic (exact) mass is 255 g/mol. The molecule has 1 atom stereocenters. The maximum absolute atomic E-state index is 13.8. The van der Waals surface area contributed by atoms with E-state index >= 15 is 0 Å². The Balaban J connectivity index is 2.60. The van der Waals surface area contributed by atoms with E-state index in [1.807, 2.05) is 20.8 Å². The van der Waals surface area contributed by atoms with E-state index in [9.17, 15) is 4.39 Å². The van der Waals surface area contributed by atoms with Crippen molar-refractivity contribution in [3.8, 4) is 0 Å². The molecular weight excluding hydrogens is 241 g/mol. The van der Waals surface area contributed by atoms with Gasteiger partial charge in [-0.1, -0.05) is 18.5 Å². The van der Waals surface area contributed by atoms with Crippen molar-refractivity contribution in [2.75, 3.05) is 6.54 Å². The Morgan fingerprint density at radius 2 is 2.18 bits per heavy atom. The number of hydrogen-bond donors (Lipinski definition) is 1. The molecule has 0 saturated carbocycles. The lowest BCUT2D eigenvalue weighted by molar-refractivity contribution is 0.446. The number of halogens is 2. The normalized spacial score (nSPS) is 13.2. The van der Waals surface area contributed by atoms with Gasteiger partial charge in [-0.15, -0.1) is 0 Å². The lowest BCUT2D eigenvalue weighted by Gasteiger charge is -2.09. The van der Waals surface area contributed by atoms with Gasteiger partial charge in [-0.05, 0) is 32.5 Å². The van der Waals surface area contributed by atoms with Gasteiger partial charge < -0.3 is 9.73 Å². The molecule has 0 amide bonds. The van der Waals surface area contributed by atoms with E-state index in [0.29, 0.717) is 0 Å². The SMILES string of the molecule is CCNC(C)c1oc2c(F)c(Cl)ccc2c1C. The summed E-state index contributed by atoms with van der Waals surface area (Å²) in [5.41, 5.74) is 1.21. The quantitative estimate of drug-likeness (QED) is 0.889. The molecule has 0 spiro atoms. The number of rotatable bonds is 3. The molecule has 4 heteroatoms. The summed E-state index contributed by atoms with van der Waals surface area (Å²) < 4.78 is 19.4. The zero-order valence-electron chi connectivity index (χ0n) is 10.1. The van der Waals surface area contributed by atoms with Crippen LogP contribution in [-0.2, 0) is 0 Å². The van der Waals surface area contributed by atoms with Crippen LogP contribution in [0.4, 0.5) is 4.39 Å². The molecule has 0 saturated heterocycles. The summed E-state index contributed by atoms with van der Waals surface area (Å²) in [6, 6.07) is 3.41. The Hall–Kier alpha value is -1.06. The maximum Gasteiger partial charge on any atom is 0.184 e. The van der Waals surface area contributed by atoms with Crippen LogP contribution in [0.25, 0.3) is 11.0 Å². The zero-order chi connectivity index (χ0) is 12.6. The topological polar surface area (TPSA) is 25.2 Å². The molecule has 0 aliphatic carbocycles. The molecule has 2 nitrogen and oxygen atoms in total. The van der Waals surface area contributed by atoms with Crippen molar-refractivity contribution >= 4 is 22.6 Å². The van der Waals surface area contributed by atoms with E-state index in [0.717, 1.165) is 23.3 Å². The molecule has 1 heterocycles. The molecule has 0 aliphatic rings. The van der Waals surface area contributed by atoms with Gasteiger partial charge in [0.25, 0.3) is 0 Å². The molecule has 1 N–H and O–H groups in total. The summed E-state index contributed by atoms with van der Waals surface area (Å²) >= 11 is 5.74. The number of fused-ring (bicyclic) bond motifs is 1. The van der Waals surface area contributed by atoms with Gasteiger partial charge in [0, 0.05) is 10.9 Å². The third-order valence-electron chi connectivity index (χ3n) is 2.94. The number of furan rings is 1. The molecule has 0 bridgehead atoms. The van der Waals surface area contributed by atoms with Crippen LogP contribution in [0.15, 0.2) is 16.5 Å². The van der Waals surface area contributed by atoms with Crippen LogP contribution < -0.4 is 5.32 Å². The minimum atomic E-state index is -0.484. The molecule has 17 heavy (non-hydrogen) atoms. The number of nitrogens with one attached hydrogen (secondary N) is 1. The van der Waals surface area contributed by atoms with Crippen LogP contribution >= 0.6 is 11.6 Å². The highest BCUT2D eigenvalue weighted by Gasteiger charge is 2.19. The number of hydrogen-bond acceptors (Lipinski definition) is 2. The van der Waals surface area contributed by atoms with Crippen LogP contribution in [0.1, 0.15) is 31.2 Å². The van der Waals surface area contributed by atoms with Gasteiger partial charge in [0.15, 0.2) is 11.4 Å². The summed E-state index contributed by atoms with van der Waals surface area (Å²) in [7, 11) is 0. The van der Waals surface area contributed by atoms with Crippen LogP contribution in [0.5, 0.6) is 0 Å². The summed E-state index contributed by atoms with van der Waals surface area (Å²) in [5, 5.41) is 4.12. The molecule has 1 unspecified atom stereocenters. The Morgan fingerprint density at radius 1 is 1.47 bits per heavy atom. The lowest BCUT2D eigenvalue weighted by Crippen LogP contribution is -2.17. The summed E-state index contributed by atoms with van der Waals surface area (Å²) in [6.07, 6.45) is 0. The third kappa shape index (κ3) is 2.05. The fourth-order valence-electron chi connectivity index (χ4n) is 2.06. The molecule has 0 radical (unpaired) electrons. The first-order valence-electron chi connectivity index (χ1n) is 5.66. The van der Waals surface area contributed by atoms with E-state index in [2.05, 4.69) is 5.32 Å². The predicted octanol–water partition coefficient (Wildman–Crippen LogP) is 4.20. The Kier molecular flexibility index (Phi) is 3.40. The summed E-state index contributed by atoms with van der Waals surface area (Å²) in [5.74, 6) is 0.283. The molecule has 2 aromatic rings. The maximum atomic E-state index is 13.8. The van der Waals surface area contributed by atoms with Crippen LogP contribution in [0.2, 0.25) is 5.02 Å². The van der Waals surface area contributed by atoms with Crippen molar-refractivity contribution in [3.63, 3.8) is 0 Å². The predicted molar refractivity (Wildman–Crippen MR) is 68.0 cm³/mol. The highest BCUT2D eigenvalue weighted by Crippen LogP contribution is 2.33. The van der Waals surface area contributed by atoms with E-state index in [-0.39, 0.29) is 16.6 Å². The van der Waals surface area contributed by atoms with Crippen molar-refractivity contribution in [2.24, 2.45) is 0 Å². The first kappa shape index (κ1) is 12.4. The summed E-state index contributed by atoms with van der Waals surface area (Å²) in [4.78, 5) is 0.